The molecule has 0 aromatic heterocycles. The van der Waals surface area contributed by atoms with E-state index >= 15 is 0 Å². The Kier molecular flexibility index (Phi) is 1.42. The van der Waals surface area contributed by atoms with Crippen LogP contribution in [0.25, 0.3) is 0 Å². The summed E-state index contributed by atoms with van der Waals surface area (Å²) in [7, 11) is 0. The second kappa shape index (κ2) is 2.07. The Morgan fingerprint density at radius 1 is 1.75 bits per heavy atom. The molecule has 0 unspecified atom stereocenters. The quantitative estimate of drug-likeness (QED) is 0.428. The van der Waals surface area contributed by atoms with E-state index in [9.17, 15) is 0 Å². The first-order chi connectivity index (χ1) is 3.83. The topological polar surface area (TPSA) is 23.2 Å². The number of nitrogens with zero attached hydrogens (tertiary/aromatic N) is 1. The normalized spacial score (nSPS) is 19.1. The molecular formula is C6H11NO. The fraction of sp³-hybridized carbons (Fsp3) is 0.667. The minimum absolute atomic E-state index is 0.488. The van der Waals surface area contributed by atoms with Crippen molar-refractivity contribution < 1.29 is 5.11 Å². The summed E-state index contributed by atoms with van der Waals surface area (Å²) in [4.78, 5) is 2.07. The minimum atomic E-state index is 0.488. The van der Waals surface area contributed by atoms with E-state index in [2.05, 4.69) is 4.90 Å². The van der Waals surface area contributed by atoms with Crippen LogP contribution in [0.4, 0.5) is 0 Å². The summed E-state index contributed by atoms with van der Waals surface area (Å²) in [6, 6.07) is 0. The average Bonchev–Trinajstić information content (AvgIpc) is 2.50. The zero-order valence-corrected chi connectivity index (χ0v) is 5.09. The molecule has 1 aliphatic heterocycles. The average molecular weight is 113 g/mol. The van der Waals surface area contributed by atoms with Gasteiger partial charge in [0.1, 0.15) is 5.76 Å². The first-order valence-electron chi connectivity index (χ1n) is 2.96. The zero-order chi connectivity index (χ0) is 5.98. The van der Waals surface area contributed by atoms with E-state index in [0.717, 1.165) is 19.5 Å². The van der Waals surface area contributed by atoms with Gasteiger partial charge >= 0.3 is 0 Å². The molecular weight excluding hydrogens is 102 g/mol. The SMILES string of the molecule is CC/C(O)=C\N1CC1. The van der Waals surface area contributed by atoms with Crippen LogP contribution in [0.5, 0.6) is 0 Å². The van der Waals surface area contributed by atoms with Crippen molar-refractivity contribution in [1.82, 2.24) is 4.90 Å². The van der Waals surface area contributed by atoms with Crippen molar-refractivity contribution in [1.29, 1.82) is 0 Å². The number of rotatable bonds is 2. The van der Waals surface area contributed by atoms with E-state index in [1.807, 2.05) is 6.92 Å². The molecule has 8 heavy (non-hydrogen) atoms. The van der Waals surface area contributed by atoms with Crippen molar-refractivity contribution in [2.24, 2.45) is 0 Å². The van der Waals surface area contributed by atoms with Gasteiger partial charge in [-0.3, -0.25) is 0 Å². The van der Waals surface area contributed by atoms with Gasteiger partial charge in [-0.25, -0.2) is 0 Å². The van der Waals surface area contributed by atoms with Crippen LogP contribution < -0.4 is 0 Å². The van der Waals surface area contributed by atoms with Gasteiger partial charge < -0.3 is 10.0 Å². The van der Waals surface area contributed by atoms with E-state index < -0.39 is 0 Å². The highest BCUT2D eigenvalue weighted by Gasteiger charge is 2.12. The van der Waals surface area contributed by atoms with Crippen LogP contribution in [-0.4, -0.2) is 23.1 Å². The van der Waals surface area contributed by atoms with Gasteiger partial charge in [0.2, 0.25) is 0 Å². The standard InChI is InChI=1S/C6H11NO/c1-2-6(8)5-7-3-4-7/h5,8H,2-4H2,1H3/b6-5+. The van der Waals surface area contributed by atoms with Gasteiger partial charge in [0, 0.05) is 25.7 Å². The highest BCUT2D eigenvalue weighted by molar-refractivity contribution is 4.94. The smallest absolute Gasteiger partial charge is 0.108 e. The van der Waals surface area contributed by atoms with Crippen LogP contribution in [0.1, 0.15) is 13.3 Å². The van der Waals surface area contributed by atoms with Gasteiger partial charge in [0.25, 0.3) is 0 Å². The lowest BCUT2D eigenvalue weighted by Gasteiger charge is -1.92. The Hall–Kier alpha value is -0.660. The summed E-state index contributed by atoms with van der Waals surface area (Å²) in [5.74, 6) is 0.488. The van der Waals surface area contributed by atoms with Crippen molar-refractivity contribution in [2.45, 2.75) is 13.3 Å². The molecule has 0 bridgehead atoms. The van der Waals surface area contributed by atoms with Gasteiger partial charge in [-0.1, -0.05) is 6.92 Å². The molecule has 0 amide bonds. The third kappa shape index (κ3) is 1.45. The largest absolute Gasteiger partial charge is 0.511 e. The lowest BCUT2D eigenvalue weighted by atomic mass is 10.4. The molecule has 1 N–H and O–H groups in total. The maximum absolute atomic E-state index is 8.89. The van der Waals surface area contributed by atoms with Crippen LogP contribution >= 0.6 is 0 Å². The third-order valence-electron chi connectivity index (χ3n) is 1.18. The fourth-order valence-corrected chi connectivity index (χ4v) is 0.489. The van der Waals surface area contributed by atoms with E-state index in [4.69, 9.17) is 5.11 Å². The predicted molar refractivity (Wildman–Crippen MR) is 32.6 cm³/mol. The number of allylic oxidation sites excluding steroid dienone is 1. The zero-order valence-electron chi connectivity index (χ0n) is 5.09. The molecule has 0 saturated carbocycles. The molecule has 2 nitrogen and oxygen atoms in total. The Morgan fingerprint density at radius 3 is 2.75 bits per heavy atom. The lowest BCUT2D eigenvalue weighted by Crippen LogP contribution is -1.85. The van der Waals surface area contributed by atoms with Crippen molar-refractivity contribution in [2.75, 3.05) is 13.1 Å². The maximum Gasteiger partial charge on any atom is 0.108 e. The summed E-state index contributed by atoms with van der Waals surface area (Å²) in [5.41, 5.74) is 0. The van der Waals surface area contributed by atoms with Crippen LogP contribution in [-0.2, 0) is 0 Å². The van der Waals surface area contributed by atoms with Crippen molar-refractivity contribution in [3.8, 4) is 0 Å². The van der Waals surface area contributed by atoms with Gasteiger partial charge in [0.15, 0.2) is 0 Å². The molecule has 1 fully saturated rings. The molecule has 2 heteroatoms. The molecule has 0 aromatic rings. The molecule has 0 radical (unpaired) electrons. The first-order valence-corrected chi connectivity index (χ1v) is 2.96. The van der Waals surface area contributed by atoms with Crippen molar-refractivity contribution in [3.63, 3.8) is 0 Å². The molecule has 1 saturated heterocycles. The Labute approximate surface area is 49.4 Å². The second-order valence-electron chi connectivity index (χ2n) is 2.01. The van der Waals surface area contributed by atoms with Gasteiger partial charge in [0.05, 0.1) is 0 Å². The molecule has 0 aromatic carbocycles. The molecule has 0 spiro atoms. The molecule has 1 aliphatic rings. The number of aliphatic hydroxyl groups excluding tert-OH is 1. The van der Waals surface area contributed by atoms with E-state index in [1.165, 1.54) is 0 Å². The Balaban J connectivity index is 2.27. The van der Waals surface area contributed by atoms with Gasteiger partial charge in [-0.2, -0.15) is 0 Å². The first kappa shape index (κ1) is 5.48. The Bertz CT molecular complexity index is 105. The summed E-state index contributed by atoms with van der Waals surface area (Å²) in [6.45, 7) is 4.17. The number of aliphatic hydroxyl groups is 1. The third-order valence-corrected chi connectivity index (χ3v) is 1.18. The maximum atomic E-state index is 8.89. The highest BCUT2D eigenvalue weighted by atomic mass is 16.3. The van der Waals surface area contributed by atoms with Crippen LogP contribution in [0, 0.1) is 0 Å². The van der Waals surface area contributed by atoms with Crippen LogP contribution in [0.3, 0.4) is 0 Å². The number of hydrogen-bond acceptors (Lipinski definition) is 2. The summed E-state index contributed by atoms with van der Waals surface area (Å²) >= 11 is 0. The monoisotopic (exact) mass is 113 g/mol. The number of hydrogen-bond donors (Lipinski definition) is 1. The van der Waals surface area contributed by atoms with Gasteiger partial charge in [-0.05, 0) is 0 Å². The molecule has 1 rings (SSSR count). The van der Waals surface area contributed by atoms with Gasteiger partial charge in [-0.15, -0.1) is 0 Å². The van der Waals surface area contributed by atoms with Crippen LogP contribution in [0.2, 0.25) is 0 Å². The van der Waals surface area contributed by atoms with E-state index in [1.54, 1.807) is 6.20 Å². The van der Waals surface area contributed by atoms with Crippen LogP contribution in [0.15, 0.2) is 12.0 Å². The predicted octanol–water partition coefficient (Wildman–Crippen LogP) is 1.11. The second-order valence-corrected chi connectivity index (χ2v) is 2.01. The van der Waals surface area contributed by atoms with E-state index in [0.29, 0.717) is 5.76 Å². The summed E-state index contributed by atoms with van der Waals surface area (Å²) in [6.07, 6.45) is 2.55. The summed E-state index contributed by atoms with van der Waals surface area (Å²) in [5, 5.41) is 8.89. The fourth-order valence-electron chi connectivity index (χ4n) is 0.489. The highest BCUT2D eigenvalue weighted by Crippen LogP contribution is 2.07. The lowest BCUT2D eigenvalue weighted by molar-refractivity contribution is 0.384. The van der Waals surface area contributed by atoms with Crippen molar-refractivity contribution in [3.05, 3.63) is 12.0 Å². The molecule has 0 aliphatic carbocycles. The Morgan fingerprint density at radius 2 is 2.38 bits per heavy atom. The molecule has 0 atom stereocenters. The molecule has 1 heterocycles. The van der Waals surface area contributed by atoms with E-state index in [-0.39, 0.29) is 0 Å². The minimum Gasteiger partial charge on any atom is -0.511 e. The summed E-state index contributed by atoms with van der Waals surface area (Å²) < 4.78 is 0. The van der Waals surface area contributed by atoms with Crippen molar-refractivity contribution >= 4 is 0 Å². The molecule has 46 valence electrons.